The van der Waals surface area contributed by atoms with Crippen LogP contribution in [0, 0.1) is 0 Å². The summed E-state index contributed by atoms with van der Waals surface area (Å²) in [5.41, 5.74) is 0.489. The number of oxime groups is 2. The highest BCUT2D eigenvalue weighted by atomic mass is 32.2. The van der Waals surface area contributed by atoms with Gasteiger partial charge in [-0.3, -0.25) is 24.1 Å². The molecule has 0 aromatic heterocycles. The highest BCUT2D eigenvalue weighted by molar-refractivity contribution is 8.00. The van der Waals surface area contributed by atoms with Crippen molar-refractivity contribution in [1.29, 1.82) is 0 Å². The zero-order valence-electron chi connectivity index (χ0n) is 33.4. The number of carboxylic acid groups (broad SMARTS) is 1. The Labute approximate surface area is 319 Å². The fourth-order valence-corrected chi connectivity index (χ4v) is 4.93. The lowest BCUT2D eigenvalue weighted by Gasteiger charge is -2.30. The smallest absolute Gasteiger partial charge is 0.322 e. The third kappa shape index (κ3) is 27.0. The summed E-state index contributed by atoms with van der Waals surface area (Å²) in [6.45, 7) is 21.5. The molecule has 0 saturated heterocycles. The first-order chi connectivity index (χ1) is 24.8. The molecule has 2 unspecified atom stereocenters. The van der Waals surface area contributed by atoms with Gasteiger partial charge < -0.3 is 57.0 Å². The van der Waals surface area contributed by atoms with Crippen molar-refractivity contribution in [3.05, 3.63) is 0 Å². The highest BCUT2D eigenvalue weighted by Crippen LogP contribution is 2.12. The van der Waals surface area contributed by atoms with Gasteiger partial charge in [-0.25, -0.2) is 0 Å². The Morgan fingerprint density at radius 1 is 0.830 bits per heavy atom. The minimum Gasteiger partial charge on any atom is -0.480 e. The summed E-state index contributed by atoms with van der Waals surface area (Å²) in [6.07, 6.45) is 0.913. The van der Waals surface area contributed by atoms with Crippen molar-refractivity contribution in [1.82, 2.24) is 36.8 Å². The van der Waals surface area contributed by atoms with Crippen LogP contribution in [0.15, 0.2) is 10.3 Å². The zero-order chi connectivity index (χ0) is 41.0. The molecule has 0 aliphatic heterocycles. The Morgan fingerprint density at radius 3 is 1.81 bits per heavy atom. The molecule has 0 spiro atoms. The maximum Gasteiger partial charge on any atom is 0.322 e. The van der Waals surface area contributed by atoms with E-state index in [0.717, 1.165) is 39.3 Å². The average Bonchev–Trinajstić information content (AvgIpc) is 3.09. The Balaban J connectivity index is 0. The van der Waals surface area contributed by atoms with Crippen molar-refractivity contribution >= 4 is 52.7 Å². The number of Topliss-reactive ketones (excluding diaryl/α,β-unsaturated/α-hetero) is 1. The summed E-state index contributed by atoms with van der Waals surface area (Å²) in [6, 6.07) is -0.901. The molecule has 0 radical (unpaired) electrons. The summed E-state index contributed by atoms with van der Waals surface area (Å²) < 4.78 is 5.32. The van der Waals surface area contributed by atoms with E-state index in [4.69, 9.17) is 20.3 Å². The molecule has 0 aliphatic rings. The Hall–Kier alpha value is -3.36. The van der Waals surface area contributed by atoms with Gasteiger partial charge in [-0.05, 0) is 82.2 Å². The summed E-state index contributed by atoms with van der Waals surface area (Å²) in [5.74, 6) is -2.74. The molecule has 0 saturated carbocycles. The number of thioether (sulfide) groups is 1. The Kier molecular flexibility index (Phi) is 28.4. The lowest BCUT2D eigenvalue weighted by molar-refractivity contribution is -0.138. The third-order valence-electron chi connectivity index (χ3n) is 8.16. The number of hydrogen-bond acceptors (Lipinski definition) is 15. The molecule has 18 nitrogen and oxygen atoms in total. The largest absolute Gasteiger partial charge is 0.480 e. The van der Waals surface area contributed by atoms with E-state index in [1.54, 1.807) is 0 Å². The van der Waals surface area contributed by atoms with Gasteiger partial charge in [0, 0.05) is 52.3 Å². The molecule has 0 fully saturated rings. The fraction of sp³-hybridized carbons (Fsp3) is 0.794. The van der Waals surface area contributed by atoms with Crippen molar-refractivity contribution in [2.75, 3.05) is 71.8 Å². The van der Waals surface area contributed by atoms with Gasteiger partial charge in [0.25, 0.3) is 0 Å². The van der Waals surface area contributed by atoms with Gasteiger partial charge >= 0.3 is 5.97 Å². The quantitative estimate of drug-likeness (QED) is 0.0229. The molecule has 3 amide bonds. The molecule has 2 atom stereocenters. The van der Waals surface area contributed by atoms with Crippen LogP contribution in [0.3, 0.4) is 0 Å². The predicted octanol–water partition coefficient (Wildman–Crippen LogP) is 0.608. The molecule has 0 aliphatic carbocycles. The highest BCUT2D eigenvalue weighted by Gasteiger charge is 2.24. The van der Waals surface area contributed by atoms with E-state index >= 15 is 0 Å². The summed E-state index contributed by atoms with van der Waals surface area (Å²) in [4.78, 5) is 59.8. The van der Waals surface area contributed by atoms with E-state index in [0.29, 0.717) is 24.5 Å². The maximum absolute atomic E-state index is 12.3. The van der Waals surface area contributed by atoms with Crippen LogP contribution in [0.4, 0.5) is 0 Å². The van der Waals surface area contributed by atoms with Crippen molar-refractivity contribution < 1.29 is 44.2 Å². The lowest BCUT2D eigenvalue weighted by atomic mass is 9.99. The molecular weight excluding hydrogens is 710 g/mol. The zero-order valence-corrected chi connectivity index (χ0v) is 34.2. The number of ether oxygens (including phenoxy) is 1. The van der Waals surface area contributed by atoms with Gasteiger partial charge in [0.15, 0.2) is 0 Å². The van der Waals surface area contributed by atoms with Crippen LogP contribution in [-0.2, 0) is 28.7 Å². The summed E-state index contributed by atoms with van der Waals surface area (Å²) in [7, 11) is 1.95. The van der Waals surface area contributed by atoms with E-state index in [1.807, 2.05) is 62.4 Å². The number of hydrogen-bond donors (Lipinski definition) is 9. The second-order valence-electron chi connectivity index (χ2n) is 13.4. The number of aliphatic carboxylic acids is 1. The second-order valence-corrected chi connectivity index (χ2v) is 14.6. The molecule has 9 N–H and O–H groups in total. The number of carbonyl (C=O) groups excluding carboxylic acids is 4. The molecule has 19 heteroatoms. The minimum absolute atomic E-state index is 0.0281. The van der Waals surface area contributed by atoms with Crippen molar-refractivity contribution in [3.8, 4) is 0 Å². The topological polar surface area (TPSA) is 255 Å². The van der Waals surface area contributed by atoms with Crippen LogP contribution in [0.2, 0.25) is 0 Å². The van der Waals surface area contributed by atoms with Crippen molar-refractivity contribution in [2.24, 2.45) is 10.3 Å². The molecule has 0 rings (SSSR count). The molecule has 0 aromatic carbocycles. The SMILES string of the molecule is CCOC(C)SCC(=O)NC(CCCC(C)=O)C(=O)NCC(=O)NCC(=O)O.CNCCN(CCNC(C)(C)/C(C)=N\O)CCNC(C)(C)/C(C)=N\O. The first-order valence-corrected chi connectivity index (χ1v) is 18.8. The van der Waals surface area contributed by atoms with Gasteiger partial charge in [0.2, 0.25) is 17.7 Å². The maximum atomic E-state index is 12.3. The number of nitrogens with one attached hydrogen (secondary N) is 6. The van der Waals surface area contributed by atoms with Gasteiger partial charge in [-0.2, -0.15) is 0 Å². The number of amides is 3. The van der Waals surface area contributed by atoms with Crippen LogP contribution >= 0.6 is 11.8 Å². The van der Waals surface area contributed by atoms with E-state index < -0.39 is 36.9 Å². The standard InChI is InChI=1S/C17H38N6O2.C17H29N3O7S/c1-14(21-24)16(3,4)19-9-12-23(11-8-18-7)13-10-20-17(5,6)15(2)22-25;1-4-27-12(3)28-10-15(23)20-13(7-5-6-11(2)21)17(26)19-8-14(22)18-9-16(24)25/h18-20,24-25H,8-13H2,1-7H3;12-13H,4-10H2,1-3H3,(H,18,22)(H,19,26)(H,20,23)(H,24,25)/b21-14-,22-15-;. The molecule has 53 heavy (non-hydrogen) atoms. The van der Waals surface area contributed by atoms with E-state index in [2.05, 4.69) is 47.1 Å². The van der Waals surface area contributed by atoms with Crippen LogP contribution in [0.1, 0.15) is 81.6 Å². The number of carbonyl (C=O) groups is 5. The molecular formula is C34H67N9O9S. The minimum atomic E-state index is -1.20. The van der Waals surface area contributed by atoms with Gasteiger partial charge in [-0.15, -0.1) is 11.8 Å². The van der Waals surface area contributed by atoms with Crippen molar-refractivity contribution in [3.63, 3.8) is 0 Å². The lowest BCUT2D eigenvalue weighted by Crippen LogP contribution is -2.51. The number of carboxylic acids is 1. The van der Waals surface area contributed by atoms with E-state index in [-0.39, 0.29) is 46.8 Å². The molecule has 0 bridgehead atoms. The first kappa shape index (κ1) is 51.7. The number of rotatable bonds is 28. The average molecular weight is 778 g/mol. The monoisotopic (exact) mass is 777 g/mol. The number of ketones is 1. The van der Waals surface area contributed by atoms with Gasteiger partial charge in [0.05, 0.1) is 34.8 Å². The van der Waals surface area contributed by atoms with Gasteiger partial charge in [-0.1, -0.05) is 10.3 Å². The third-order valence-corrected chi connectivity index (χ3v) is 9.20. The molecule has 0 aromatic rings. The van der Waals surface area contributed by atoms with Crippen LogP contribution in [0.25, 0.3) is 0 Å². The molecule has 0 heterocycles. The van der Waals surface area contributed by atoms with Crippen LogP contribution < -0.4 is 31.9 Å². The van der Waals surface area contributed by atoms with Gasteiger partial charge in [0.1, 0.15) is 23.8 Å². The number of likely N-dealkylation sites (N-methyl/N-ethyl adjacent to an activating group) is 1. The van der Waals surface area contributed by atoms with Crippen LogP contribution in [-0.4, -0.2) is 156 Å². The molecule has 308 valence electrons. The predicted molar refractivity (Wildman–Crippen MR) is 208 cm³/mol. The van der Waals surface area contributed by atoms with Crippen LogP contribution in [0.5, 0.6) is 0 Å². The van der Waals surface area contributed by atoms with Crippen molar-refractivity contribution in [2.45, 2.75) is 104 Å². The Morgan fingerprint density at radius 2 is 1.36 bits per heavy atom. The number of nitrogens with zero attached hydrogens (tertiary/aromatic N) is 3. The Bertz CT molecular complexity index is 1130. The second kappa shape index (κ2) is 29.1. The summed E-state index contributed by atoms with van der Waals surface area (Å²) in [5, 5.41) is 50.1. The normalized spacial score (nSPS) is 13.4. The summed E-state index contributed by atoms with van der Waals surface area (Å²) >= 11 is 1.28. The van der Waals surface area contributed by atoms with E-state index in [9.17, 15) is 24.0 Å². The van der Waals surface area contributed by atoms with E-state index in [1.165, 1.54) is 18.7 Å². The fourth-order valence-electron chi connectivity index (χ4n) is 4.23. The first-order valence-electron chi connectivity index (χ1n) is 17.8.